The molecular formula is C19H20N4OS. The first-order chi connectivity index (χ1) is 12.1. The Kier molecular flexibility index (Phi) is 5.40. The standard InChI is InChI=1S/C19H20N4OS/c1-22(12-15-8-4-2-5-9-15)18(24)14-25-19-21-17(13-23(19)20)16-10-6-3-7-11-16/h2-11,13H,12,14,20H2,1H3. The van der Waals surface area contributed by atoms with Crippen LogP contribution in [0.25, 0.3) is 11.3 Å². The Balaban J connectivity index is 1.60. The summed E-state index contributed by atoms with van der Waals surface area (Å²) >= 11 is 1.35. The molecule has 3 aromatic rings. The number of aromatic nitrogens is 2. The molecule has 0 bridgehead atoms. The van der Waals surface area contributed by atoms with Gasteiger partial charge < -0.3 is 10.7 Å². The molecule has 2 N–H and O–H groups in total. The van der Waals surface area contributed by atoms with E-state index in [9.17, 15) is 4.79 Å². The van der Waals surface area contributed by atoms with Gasteiger partial charge >= 0.3 is 0 Å². The number of hydrogen-bond donors (Lipinski definition) is 1. The van der Waals surface area contributed by atoms with Crippen LogP contribution in [-0.2, 0) is 11.3 Å². The van der Waals surface area contributed by atoms with E-state index >= 15 is 0 Å². The van der Waals surface area contributed by atoms with Gasteiger partial charge in [-0.25, -0.2) is 9.66 Å². The lowest BCUT2D eigenvalue weighted by Gasteiger charge is -2.16. The molecule has 0 saturated heterocycles. The second kappa shape index (κ2) is 7.90. The second-order valence-corrected chi connectivity index (χ2v) is 6.65. The van der Waals surface area contributed by atoms with E-state index in [-0.39, 0.29) is 5.91 Å². The van der Waals surface area contributed by atoms with Crippen LogP contribution in [0.3, 0.4) is 0 Å². The molecule has 6 heteroatoms. The highest BCUT2D eigenvalue weighted by molar-refractivity contribution is 7.99. The molecule has 5 nitrogen and oxygen atoms in total. The van der Waals surface area contributed by atoms with Gasteiger partial charge in [0.2, 0.25) is 5.91 Å². The maximum atomic E-state index is 12.3. The molecule has 0 fully saturated rings. The zero-order valence-electron chi connectivity index (χ0n) is 14.0. The minimum Gasteiger partial charge on any atom is -0.341 e. The lowest BCUT2D eigenvalue weighted by molar-refractivity contribution is -0.127. The Morgan fingerprint density at radius 2 is 1.76 bits per heavy atom. The Bertz CT molecular complexity index is 833. The van der Waals surface area contributed by atoms with E-state index in [1.54, 1.807) is 18.1 Å². The number of carbonyl (C=O) groups is 1. The molecule has 2 aromatic carbocycles. The van der Waals surface area contributed by atoms with E-state index in [0.717, 1.165) is 16.8 Å². The smallest absolute Gasteiger partial charge is 0.233 e. The predicted molar refractivity (Wildman–Crippen MR) is 101 cm³/mol. The summed E-state index contributed by atoms with van der Waals surface area (Å²) < 4.78 is 1.47. The molecule has 0 spiro atoms. The normalized spacial score (nSPS) is 10.6. The van der Waals surface area contributed by atoms with E-state index in [4.69, 9.17) is 5.84 Å². The number of imidazole rings is 1. The van der Waals surface area contributed by atoms with Crippen molar-refractivity contribution < 1.29 is 4.79 Å². The van der Waals surface area contributed by atoms with Crippen LogP contribution < -0.4 is 5.84 Å². The number of nitrogen functional groups attached to an aromatic ring is 1. The molecule has 0 saturated carbocycles. The molecular weight excluding hydrogens is 332 g/mol. The van der Waals surface area contributed by atoms with Crippen LogP contribution in [-0.4, -0.2) is 33.3 Å². The number of hydrogen-bond acceptors (Lipinski definition) is 4. The van der Waals surface area contributed by atoms with Crippen LogP contribution in [0.1, 0.15) is 5.56 Å². The molecule has 0 aliphatic carbocycles. The van der Waals surface area contributed by atoms with Gasteiger partial charge in [0, 0.05) is 19.2 Å². The highest BCUT2D eigenvalue weighted by Crippen LogP contribution is 2.23. The number of rotatable bonds is 6. The summed E-state index contributed by atoms with van der Waals surface area (Å²) in [6.07, 6.45) is 1.77. The SMILES string of the molecule is CN(Cc1ccccc1)C(=O)CSc1nc(-c2ccccc2)cn1N. The van der Waals surface area contributed by atoms with Crippen molar-refractivity contribution >= 4 is 17.7 Å². The van der Waals surface area contributed by atoms with Gasteiger partial charge in [-0.2, -0.15) is 0 Å². The largest absolute Gasteiger partial charge is 0.341 e. The number of amides is 1. The molecule has 0 aliphatic heterocycles. The van der Waals surface area contributed by atoms with Gasteiger partial charge in [0.15, 0.2) is 5.16 Å². The Hall–Kier alpha value is -2.73. The summed E-state index contributed by atoms with van der Waals surface area (Å²) in [7, 11) is 1.81. The van der Waals surface area contributed by atoms with Gasteiger partial charge in [0.1, 0.15) is 0 Å². The zero-order chi connectivity index (χ0) is 17.6. The first-order valence-corrected chi connectivity index (χ1v) is 8.92. The molecule has 1 aromatic heterocycles. The summed E-state index contributed by atoms with van der Waals surface area (Å²) in [6.45, 7) is 0.590. The van der Waals surface area contributed by atoms with Crippen molar-refractivity contribution in [3.8, 4) is 11.3 Å². The molecule has 0 unspecified atom stereocenters. The van der Waals surface area contributed by atoms with Gasteiger partial charge in [-0.3, -0.25) is 4.79 Å². The Morgan fingerprint density at radius 1 is 1.12 bits per heavy atom. The molecule has 3 rings (SSSR count). The molecule has 0 radical (unpaired) electrons. The Labute approximate surface area is 151 Å². The maximum absolute atomic E-state index is 12.3. The Morgan fingerprint density at radius 3 is 2.44 bits per heavy atom. The number of nitrogens with zero attached hydrogens (tertiary/aromatic N) is 3. The van der Waals surface area contributed by atoms with Gasteiger partial charge in [-0.15, -0.1) is 0 Å². The van der Waals surface area contributed by atoms with Crippen molar-refractivity contribution in [2.24, 2.45) is 0 Å². The average Bonchev–Trinajstić information content (AvgIpc) is 3.02. The minimum atomic E-state index is 0.0399. The summed E-state index contributed by atoms with van der Waals surface area (Å²) in [5, 5.41) is 0.625. The fraction of sp³-hybridized carbons (Fsp3) is 0.158. The van der Waals surface area contributed by atoms with Gasteiger partial charge in [-0.1, -0.05) is 72.4 Å². The molecule has 25 heavy (non-hydrogen) atoms. The third-order valence-corrected chi connectivity index (χ3v) is 4.73. The van der Waals surface area contributed by atoms with E-state index < -0.39 is 0 Å². The minimum absolute atomic E-state index is 0.0399. The van der Waals surface area contributed by atoms with Crippen molar-refractivity contribution in [2.75, 3.05) is 18.6 Å². The van der Waals surface area contributed by atoms with Gasteiger partial charge in [0.25, 0.3) is 0 Å². The zero-order valence-corrected chi connectivity index (χ0v) is 14.8. The van der Waals surface area contributed by atoms with Crippen LogP contribution in [0, 0.1) is 0 Å². The highest BCUT2D eigenvalue weighted by Gasteiger charge is 2.13. The number of carbonyl (C=O) groups excluding carboxylic acids is 1. The van der Waals surface area contributed by atoms with Gasteiger partial charge in [0.05, 0.1) is 17.6 Å². The van der Waals surface area contributed by atoms with Gasteiger partial charge in [-0.05, 0) is 5.56 Å². The monoisotopic (exact) mass is 352 g/mol. The van der Waals surface area contributed by atoms with Crippen LogP contribution >= 0.6 is 11.8 Å². The molecule has 128 valence electrons. The maximum Gasteiger partial charge on any atom is 0.233 e. The lowest BCUT2D eigenvalue weighted by Crippen LogP contribution is -2.28. The van der Waals surface area contributed by atoms with Crippen LogP contribution in [0.2, 0.25) is 0 Å². The van der Waals surface area contributed by atoms with E-state index in [1.165, 1.54) is 16.4 Å². The van der Waals surface area contributed by atoms with Crippen molar-refractivity contribution in [1.82, 2.24) is 14.6 Å². The quantitative estimate of drug-likeness (QED) is 0.547. The number of nitrogens with two attached hydrogens (primary N) is 1. The van der Waals surface area contributed by atoms with Crippen LogP contribution in [0.5, 0.6) is 0 Å². The first-order valence-electron chi connectivity index (χ1n) is 7.94. The van der Waals surface area contributed by atoms with Crippen molar-refractivity contribution in [3.63, 3.8) is 0 Å². The van der Waals surface area contributed by atoms with E-state index in [0.29, 0.717) is 17.5 Å². The van der Waals surface area contributed by atoms with Crippen LogP contribution in [0.4, 0.5) is 0 Å². The third kappa shape index (κ3) is 4.42. The lowest BCUT2D eigenvalue weighted by atomic mass is 10.2. The summed E-state index contributed by atoms with van der Waals surface area (Å²) in [5.41, 5.74) is 2.91. The fourth-order valence-corrected chi connectivity index (χ4v) is 3.25. The topological polar surface area (TPSA) is 64.2 Å². The van der Waals surface area contributed by atoms with Crippen molar-refractivity contribution in [3.05, 3.63) is 72.4 Å². The molecule has 1 amide bonds. The average molecular weight is 352 g/mol. The summed E-state index contributed by atoms with van der Waals surface area (Å²) in [5.74, 6) is 6.31. The molecule has 0 atom stereocenters. The fourth-order valence-electron chi connectivity index (χ4n) is 2.41. The molecule has 0 aliphatic rings. The van der Waals surface area contributed by atoms with E-state index in [1.807, 2.05) is 60.7 Å². The van der Waals surface area contributed by atoms with Crippen molar-refractivity contribution in [2.45, 2.75) is 11.7 Å². The number of benzene rings is 2. The predicted octanol–water partition coefficient (Wildman–Crippen LogP) is 3.01. The first kappa shape index (κ1) is 17.1. The van der Waals surface area contributed by atoms with Crippen molar-refractivity contribution in [1.29, 1.82) is 0 Å². The van der Waals surface area contributed by atoms with Crippen LogP contribution in [0.15, 0.2) is 72.0 Å². The summed E-state index contributed by atoms with van der Waals surface area (Å²) in [6, 6.07) is 19.8. The highest BCUT2D eigenvalue weighted by atomic mass is 32.2. The second-order valence-electron chi connectivity index (χ2n) is 5.71. The van der Waals surface area contributed by atoms with E-state index in [2.05, 4.69) is 4.98 Å². The summed E-state index contributed by atoms with van der Waals surface area (Å²) in [4.78, 5) is 18.6. The molecule has 1 heterocycles. The number of thioether (sulfide) groups is 1. The third-order valence-electron chi connectivity index (χ3n) is 3.78.